The van der Waals surface area contributed by atoms with Gasteiger partial charge in [0.25, 0.3) is 0 Å². The molecule has 1 aromatic rings. The van der Waals surface area contributed by atoms with Crippen molar-refractivity contribution in [3.8, 4) is 0 Å². The predicted octanol–water partition coefficient (Wildman–Crippen LogP) is 0.397. The van der Waals surface area contributed by atoms with Crippen LogP contribution in [0.1, 0.15) is 5.56 Å². The molecule has 1 aromatic heterocycles. The van der Waals surface area contributed by atoms with Gasteiger partial charge in [-0.05, 0) is 6.92 Å². The molecule has 0 aliphatic heterocycles. The molecule has 5 nitrogen and oxygen atoms in total. The fourth-order valence-corrected chi connectivity index (χ4v) is 1.75. The summed E-state index contributed by atoms with van der Waals surface area (Å²) in [5.74, 6) is 0. The van der Waals surface area contributed by atoms with Gasteiger partial charge in [0.15, 0.2) is 5.03 Å². The number of hydrogen-bond donors (Lipinski definition) is 1. The minimum absolute atomic E-state index is 0. The normalized spacial score (nSPS) is 10.9. The molecule has 1 rings (SSSR count). The van der Waals surface area contributed by atoms with Crippen molar-refractivity contribution in [2.45, 2.75) is 11.9 Å². The SMILES string of the molecule is Cc1cnn(C)c1S(=O)(=O)O.Cl. The Bertz CT molecular complexity index is 351. The van der Waals surface area contributed by atoms with Gasteiger partial charge in [0, 0.05) is 12.6 Å². The molecule has 0 radical (unpaired) electrons. The molecule has 0 spiro atoms. The summed E-state index contributed by atoms with van der Waals surface area (Å²) in [5, 5.41) is 3.51. The standard InChI is InChI=1S/C5H8N2O3S.ClH/c1-4-3-6-7(2)5(4)11(8,9)10;/h3H,1-2H3,(H,8,9,10);1H. The summed E-state index contributed by atoms with van der Waals surface area (Å²) in [6.07, 6.45) is 1.38. The predicted molar refractivity (Wildman–Crippen MR) is 45.0 cm³/mol. The summed E-state index contributed by atoms with van der Waals surface area (Å²) in [6.45, 7) is 1.57. The molecule has 0 bridgehead atoms. The van der Waals surface area contributed by atoms with E-state index in [0.717, 1.165) is 4.68 Å². The molecule has 0 amide bonds. The first-order valence-electron chi connectivity index (χ1n) is 2.89. The van der Waals surface area contributed by atoms with Crippen molar-refractivity contribution in [1.29, 1.82) is 0 Å². The fourth-order valence-electron chi connectivity index (χ4n) is 0.906. The fraction of sp³-hybridized carbons (Fsp3) is 0.400. The van der Waals surface area contributed by atoms with E-state index in [-0.39, 0.29) is 17.4 Å². The number of aryl methyl sites for hydroxylation is 2. The van der Waals surface area contributed by atoms with E-state index in [1.165, 1.54) is 13.2 Å². The number of hydrogen-bond acceptors (Lipinski definition) is 3. The van der Waals surface area contributed by atoms with Gasteiger partial charge in [0.1, 0.15) is 0 Å². The second kappa shape index (κ2) is 3.42. The van der Waals surface area contributed by atoms with Gasteiger partial charge in [-0.2, -0.15) is 13.5 Å². The molecule has 1 N–H and O–H groups in total. The average molecular weight is 213 g/mol. The van der Waals surface area contributed by atoms with Crippen LogP contribution in [-0.2, 0) is 17.2 Å². The van der Waals surface area contributed by atoms with Crippen LogP contribution in [0.3, 0.4) is 0 Å². The highest BCUT2D eigenvalue weighted by molar-refractivity contribution is 7.85. The topological polar surface area (TPSA) is 72.2 Å². The molecule has 0 saturated heterocycles. The van der Waals surface area contributed by atoms with Crippen LogP contribution in [0.5, 0.6) is 0 Å². The Morgan fingerprint density at radius 2 is 2.08 bits per heavy atom. The molecule has 0 saturated carbocycles. The molecule has 0 aliphatic rings. The van der Waals surface area contributed by atoms with Crippen LogP contribution >= 0.6 is 12.4 Å². The van der Waals surface area contributed by atoms with Crippen LogP contribution in [-0.4, -0.2) is 22.8 Å². The lowest BCUT2D eigenvalue weighted by molar-refractivity contribution is 0.469. The van der Waals surface area contributed by atoms with Gasteiger partial charge in [-0.25, -0.2) is 0 Å². The van der Waals surface area contributed by atoms with E-state index in [1.807, 2.05) is 0 Å². The number of rotatable bonds is 1. The molecule has 12 heavy (non-hydrogen) atoms. The average Bonchev–Trinajstić information content (AvgIpc) is 2.08. The molecule has 7 heteroatoms. The number of aromatic nitrogens is 2. The van der Waals surface area contributed by atoms with Gasteiger partial charge in [0.05, 0.1) is 6.20 Å². The van der Waals surface area contributed by atoms with E-state index >= 15 is 0 Å². The third-order valence-corrected chi connectivity index (χ3v) is 2.38. The van der Waals surface area contributed by atoms with E-state index in [9.17, 15) is 8.42 Å². The molecule has 0 aromatic carbocycles. The lowest BCUT2D eigenvalue weighted by Crippen LogP contribution is -2.07. The quantitative estimate of drug-likeness (QED) is 0.684. The summed E-state index contributed by atoms with van der Waals surface area (Å²) in [4.78, 5) is 0. The maximum absolute atomic E-state index is 10.6. The van der Waals surface area contributed by atoms with Gasteiger partial charge < -0.3 is 0 Å². The first kappa shape index (κ1) is 11.4. The third-order valence-electron chi connectivity index (χ3n) is 1.30. The van der Waals surface area contributed by atoms with Crippen molar-refractivity contribution in [2.75, 3.05) is 0 Å². The van der Waals surface area contributed by atoms with Crippen LogP contribution in [0.2, 0.25) is 0 Å². The van der Waals surface area contributed by atoms with Crippen LogP contribution in [0.15, 0.2) is 11.2 Å². The minimum Gasteiger partial charge on any atom is -0.281 e. The second-order valence-corrected chi connectivity index (χ2v) is 3.57. The highest BCUT2D eigenvalue weighted by Crippen LogP contribution is 2.11. The van der Waals surface area contributed by atoms with Crippen LogP contribution in [0, 0.1) is 6.92 Å². The Labute approximate surface area is 76.6 Å². The summed E-state index contributed by atoms with van der Waals surface area (Å²) in [6, 6.07) is 0. The molecule has 0 unspecified atom stereocenters. The number of nitrogens with zero attached hydrogens (tertiary/aromatic N) is 2. The molecular weight excluding hydrogens is 204 g/mol. The van der Waals surface area contributed by atoms with E-state index < -0.39 is 10.1 Å². The molecule has 1 heterocycles. The monoisotopic (exact) mass is 212 g/mol. The van der Waals surface area contributed by atoms with Crippen molar-refractivity contribution in [2.24, 2.45) is 7.05 Å². The Hall–Kier alpha value is -0.590. The largest absolute Gasteiger partial charge is 0.312 e. The van der Waals surface area contributed by atoms with Gasteiger partial charge in [0.2, 0.25) is 0 Å². The summed E-state index contributed by atoms with van der Waals surface area (Å²) < 4.78 is 31.0. The van der Waals surface area contributed by atoms with Crippen molar-refractivity contribution >= 4 is 22.5 Å². The first-order valence-corrected chi connectivity index (χ1v) is 4.33. The molecule has 0 aliphatic carbocycles. The Morgan fingerprint density at radius 3 is 2.25 bits per heavy atom. The van der Waals surface area contributed by atoms with Gasteiger partial charge >= 0.3 is 10.1 Å². The number of halogens is 1. The lowest BCUT2D eigenvalue weighted by Gasteiger charge is -1.97. The zero-order chi connectivity index (χ0) is 8.65. The van der Waals surface area contributed by atoms with E-state index in [4.69, 9.17) is 4.55 Å². The van der Waals surface area contributed by atoms with Gasteiger partial charge in [-0.1, -0.05) is 0 Å². The van der Waals surface area contributed by atoms with Crippen LogP contribution in [0.4, 0.5) is 0 Å². The molecular formula is C5H9ClN2O3S. The molecule has 70 valence electrons. The van der Waals surface area contributed by atoms with Crippen LogP contribution in [0.25, 0.3) is 0 Å². The zero-order valence-electron chi connectivity index (χ0n) is 6.55. The smallest absolute Gasteiger partial charge is 0.281 e. The Morgan fingerprint density at radius 1 is 1.58 bits per heavy atom. The van der Waals surface area contributed by atoms with Crippen LogP contribution < -0.4 is 0 Å². The summed E-state index contributed by atoms with van der Waals surface area (Å²) >= 11 is 0. The minimum atomic E-state index is -4.12. The van der Waals surface area contributed by atoms with Crippen molar-refractivity contribution in [1.82, 2.24) is 9.78 Å². The zero-order valence-corrected chi connectivity index (χ0v) is 8.18. The van der Waals surface area contributed by atoms with E-state index in [0.29, 0.717) is 5.56 Å². The van der Waals surface area contributed by atoms with Crippen molar-refractivity contribution in [3.63, 3.8) is 0 Å². The van der Waals surface area contributed by atoms with Gasteiger partial charge in [-0.3, -0.25) is 9.23 Å². The summed E-state index contributed by atoms with van der Waals surface area (Å²) in [5.41, 5.74) is 0.440. The highest BCUT2D eigenvalue weighted by Gasteiger charge is 2.17. The maximum atomic E-state index is 10.6. The Balaban J connectivity index is 0.00000121. The third kappa shape index (κ3) is 1.96. The second-order valence-electron chi connectivity index (χ2n) is 2.23. The van der Waals surface area contributed by atoms with Crippen molar-refractivity contribution < 1.29 is 13.0 Å². The molecule has 0 fully saturated rings. The van der Waals surface area contributed by atoms with Crippen molar-refractivity contribution in [3.05, 3.63) is 11.8 Å². The Kier molecular flexibility index (Phi) is 3.25. The first-order chi connectivity index (χ1) is 4.93. The maximum Gasteiger partial charge on any atom is 0.312 e. The molecule has 0 atom stereocenters. The van der Waals surface area contributed by atoms with Gasteiger partial charge in [-0.15, -0.1) is 12.4 Å². The van der Waals surface area contributed by atoms with E-state index in [1.54, 1.807) is 6.92 Å². The highest BCUT2D eigenvalue weighted by atomic mass is 35.5. The lowest BCUT2D eigenvalue weighted by atomic mass is 10.4. The summed E-state index contributed by atoms with van der Waals surface area (Å²) in [7, 11) is -2.67. The van der Waals surface area contributed by atoms with E-state index in [2.05, 4.69) is 5.10 Å².